The molecule has 29 heavy (non-hydrogen) atoms. The molecular weight excluding hydrogens is 386 g/mol. The first-order valence-corrected chi connectivity index (χ1v) is 10.1. The van der Waals surface area contributed by atoms with Crippen LogP contribution in [0.5, 0.6) is 0 Å². The van der Waals surface area contributed by atoms with Crippen LogP contribution in [0.3, 0.4) is 0 Å². The Morgan fingerprint density at radius 2 is 1.69 bits per heavy atom. The fraction of sp³-hybridized carbons (Fsp3) is 0.304. The maximum atomic E-state index is 12.4. The molecule has 0 unspecified atom stereocenters. The van der Waals surface area contributed by atoms with Crippen molar-refractivity contribution in [2.24, 2.45) is 0 Å². The van der Waals surface area contributed by atoms with Crippen LogP contribution >= 0.6 is 11.6 Å². The van der Waals surface area contributed by atoms with Crippen molar-refractivity contribution in [3.63, 3.8) is 0 Å². The first-order chi connectivity index (χ1) is 13.9. The monoisotopic (exact) mass is 411 g/mol. The van der Waals surface area contributed by atoms with E-state index < -0.39 is 0 Å². The van der Waals surface area contributed by atoms with E-state index in [9.17, 15) is 9.59 Å². The molecule has 0 atom stereocenters. The van der Waals surface area contributed by atoms with E-state index in [1.54, 1.807) is 23.1 Å². The number of piperazine rings is 1. The lowest BCUT2D eigenvalue weighted by Crippen LogP contribution is -2.50. The third-order valence-corrected chi connectivity index (χ3v) is 5.30. The summed E-state index contributed by atoms with van der Waals surface area (Å²) in [5, 5.41) is 3.67. The number of nitrogens with one attached hydrogen (secondary N) is 1. The zero-order valence-corrected chi connectivity index (χ0v) is 17.6. The number of carbonyl (C=O) groups excluding carboxylic acids is 2. The number of anilines is 1. The van der Waals surface area contributed by atoms with E-state index in [0.29, 0.717) is 37.7 Å². The van der Waals surface area contributed by atoms with Gasteiger partial charge in [-0.15, -0.1) is 0 Å². The third-order valence-electron chi connectivity index (χ3n) is 5.06. The predicted octanol–water partition coefficient (Wildman–Crippen LogP) is 3.75. The number of hydrogen-bond acceptors (Lipinski definition) is 3. The Morgan fingerprint density at radius 1 is 1.03 bits per heavy atom. The zero-order chi connectivity index (χ0) is 20.8. The summed E-state index contributed by atoms with van der Waals surface area (Å²) >= 11 is 5.97. The molecule has 0 spiro atoms. The molecule has 1 aliphatic rings. The number of para-hydroxylation sites is 1. The molecule has 2 aromatic rings. The van der Waals surface area contributed by atoms with Gasteiger partial charge < -0.3 is 10.2 Å². The number of halogens is 1. The summed E-state index contributed by atoms with van der Waals surface area (Å²) in [6.07, 6.45) is 3.35. The van der Waals surface area contributed by atoms with E-state index >= 15 is 0 Å². The Hall–Kier alpha value is -2.63. The largest absolute Gasteiger partial charge is 0.337 e. The Kier molecular flexibility index (Phi) is 7.07. The molecule has 0 aromatic heterocycles. The van der Waals surface area contributed by atoms with Crippen molar-refractivity contribution in [2.75, 3.05) is 38.0 Å². The summed E-state index contributed by atoms with van der Waals surface area (Å²) in [5.74, 6) is -0.0485. The molecule has 0 aliphatic carbocycles. The number of carbonyl (C=O) groups is 2. The van der Waals surface area contributed by atoms with Gasteiger partial charge in [0.05, 0.1) is 6.54 Å². The standard InChI is InChI=1S/C23H26ClN3O2/c1-17-5-3-6-18(2)23(17)25-21(28)16-26-11-13-27(14-12-26)22(29)10-9-19-7-4-8-20(24)15-19/h3-10,15H,11-14,16H2,1-2H3,(H,25,28)/b10-9+. The Balaban J connectivity index is 1.47. The van der Waals surface area contributed by atoms with Crippen LogP contribution in [0.1, 0.15) is 16.7 Å². The van der Waals surface area contributed by atoms with Gasteiger partial charge in [0.25, 0.3) is 0 Å². The quantitative estimate of drug-likeness (QED) is 0.762. The highest BCUT2D eigenvalue weighted by Crippen LogP contribution is 2.19. The summed E-state index contributed by atoms with van der Waals surface area (Å²) in [7, 11) is 0. The first kappa shape index (κ1) is 21.1. The minimum Gasteiger partial charge on any atom is -0.337 e. The van der Waals surface area contributed by atoms with Gasteiger partial charge in [0.15, 0.2) is 0 Å². The topological polar surface area (TPSA) is 52.7 Å². The van der Waals surface area contributed by atoms with Gasteiger partial charge >= 0.3 is 0 Å². The number of benzene rings is 2. The van der Waals surface area contributed by atoms with E-state index in [0.717, 1.165) is 22.4 Å². The lowest BCUT2D eigenvalue weighted by Gasteiger charge is -2.33. The molecule has 0 saturated carbocycles. The van der Waals surface area contributed by atoms with Gasteiger partial charge in [-0.25, -0.2) is 0 Å². The third kappa shape index (κ3) is 5.92. The number of aryl methyl sites for hydroxylation is 2. The second-order valence-corrected chi connectivity index (χ2v) is 7.74. The molecule has 0 radical (unpaired) electrons. The molecule has 1 aliphatic heterocycles. The maximum Gasteiger partial charge on any atom is 0.246 e. The van der Waals surface area contributed by atoms with Crippen molar-refractivity contribution < 1.29 is 9.59 Å². The van der Waals surface area contributed by atoms with Gasteiger partial charge in [0, 0.05) is 43.0 Å². The van der Waals surface area contributed by atoms with Gasteiger partial charge in [-0.3, -0.25) is 14.5 Å². The normalized spacial score (nSPS) is 14.9. The molecule has 1 fully saturated rings. The summed E-state index contributed by atoms with van der Waals surface area (Å²) in [5.41, 5.74) is 3.89. The molecule has 2 amide bonds. The van der Waals surface area contributed by atoms with Crippen molar-refractivity contribution in [1.29, 1.82) is 0 Å². The number of rotatable bonds is 5. The maximum absolute atomic E-state index is 12.4. The lowest BCUT2D eigenvalue weighted by atomic mass is 10.1. The molecular formula is C23H26ClN3O2. The van der Waals surface area contributed by atoms with E-state index in [2.05, 4.69) is 10.2 Å². The average Bonchev–Trinajstić information content (AvgIpc) is 2.70. The molecule has 1 N–H and O–H groups in total. The summed E-state index contributed by atoms with van der Waals surface area (Å²) < 4.78 is 0. The SMILES string of the molecule is Cc1cccc(C)c1NC(=O)CN1CCN(C(=O)/C=C/c2cccc(Cl)c2)CC1. The molecule has 1 heterocycles. The highest BCUT2D eigenvalue weighted by Gasteiger charge is 2.21. The molecule has 5 nitrogen and oxygen atoms in total. The summed E-state index contributed by atoms with van der Waals surface area (Å²) in [6, 6.07) is 13.3. The Labute approximate surface area is 177 Å². The smallest absolute Gasteiger partial charge is 0.246 e. The van der Waals surface area contributed by atoms with Crippen molar-refractivity contribution in [3.05, 3.63) is 70.3 Å². The van der Waals surface area contributed by atoms with Crippen LogP contribution in [0, 0.1) is 13.8 Å². The Bertz CT molecular complexity index is 898. The predicted molar refractivity (Wildman–Crippen MR) is 118 cm³/mol. The van der Waals surface area contributed by atoms with Gasteiger partial charge in [-0.05, 0) is 48.7 Å². The molecule has 1 saturated heterocycles. The highest BCUT2D eigenvalue weighted by atomic mass is 35.5. The molecule has 3 rings (SSSR count). The fourth-order valence-corrected chi connectivity index (χ4v) is 3.60. The number of hydrogen-bond donors (Lipinski definition) is 1. The van der Waals surface area contributed by atoms with Gasteiger partial charge in [-0.1, -0.05) is 41.9 Å². The van der Waals surface area contributed by atoms with Crippen molar-refractivity contribution in [1.82, 2.24) is 9.80 Å². The summed E-state index contributed by atoms with van der Waals surface area (Å²) in [4.78, 5) is 28.7. The molecule has 6 heteroatoms. The number of nitrogens with zero attached hydrogens (tertiary/aromatic N) is 2. The van der Waals surface area contributed by atoms with Crippen LogP contribution in [-0.4, -0.2) is 54.3 Å². The summed E-state index contributed by atoms with van der Waals surface area (Å²) in [6.45, 7) is 6.88. The second-order valence-electron chi connectivity index (χ2n) is 7.30. The van der Waals surface area contributed by atoms with Crippen LogP contribution in [0.25, 0.3) is 6.08 Å². The number of amides is 2. The molecule has 2 aromatic carbocycles. The minimum atomic E-state index is -0.0250. The van der Waals surface area contributed by atoms with Crippen LogP contribution in [0.4, 0.5) is 5.69 Å². The van der Waals surface area contributed by atoms with Crippen LogP contribution in [-0.2, 0) is 9.59 Å². The average molecular weight is 412 g/mol. The van der Waals surface area contributed by atoms with Gasteiger partial charge in [-0.2, -0.15) is 0 Å². The highest BCUT2D eigenvalue weighted by molar-refractivity contribution is 6.30. The van der Waals surface area contributed by atoms with Crippen LogP contribution < -0.4 is 5.32 Å². The van der Waals surface area contributed by atoms with Crippen molar-refractivity contribution in [2.45, 2.75) is 13.8 Å². The lowest BCUT2D eigenvalue weighted by molar-refractivity contribution is -0.127. The zero-order valence-electron chi connectivity index (χ0n) is 16.8. The van der Waals surface area contributed by atoms with E-state index in [1.807, 2.05) is 50.2 Å². The Morgan fingerprint density at radius 3 is 2.34 bits per heavy atom. The second kappa shape index (κ2) is 9.72. The van der Waals surface area contributed by atoms with E-state index in [1.165, 1.54) is 0 Å². The fourth-order valence-electron chi connectivity index (χ4n) is 3.40. The van der Waals surface area contributed by atoms with E-state index in [-0.39, 0.29) is 11.8 Å². The molecule has 0 bridgehead atoms. The first-order valence-electron chi connectivity index (χ1n) is 9.73. The van der Waals surface area contributed by atoms with Gasteiger partial charge in [0.1, 0.15) is 0 Å². The van der Waals surface area contributed by atoms with Crippen LogP contribution in [0.15, 0.2) is 48.5 Å². The van der Waals surface area contributed by atoms with Gasteiger partial charge in [0.2, 0.25) is 11.8 Å². The minimum absolute atomic E-state index is 0.0235. The van der Waals surface area contributed by atoms with Crippen molar-refractivity contribution in [3.8, 4) is 0 Å². The van der Waals surface area contributed by atoms with Crippen LogP contribution in [0.2, 0.25) is 5.02 Å². The molecule has 152 valence electrons. The van der Waals surface area contributed by atoms with E-state index in [4.69, 9.17) is 11.6 Å². The van der Waals surface area contributed by atoms with Crippen molar-refractivity contribution >= 4 is 35.2 Å².